The number of amides is 1. The van der Waals surface area contributed by atoms with Crippen LogP contribution in [0.5, 0.6) is 0 Å². The summed E-state index contributed by atoms with van der Waals surface area (Å²) < 4.78 is 2.45. The lowest BCUT2D eigenvalue weighted by molar-refractivity contribution is 0.0671. The van der Waals surface area contributed by atoms with Crippen LogP contribution in [0.2, 0.25) is 0 Å². The van der Waals surface area contributed by atoms with Crippen molar-refractivity contribution in [3.8, 4) is 0 Å². The van der Waals surface area contributed by atoms with E-state index in [2.05, 4.69) is 51.1 Å². The zero-order chi connectivity index (χ0) is 16.0. The first-order valence-corrected chi connectivity index (χ1v) is 8.32. The number of carbonyl (C=O) groups is 1. The second kappa shape index (κ2) is 5.45. The van der Waals surface area contributed by atoms with Gasteiger partial charge >= 0.3 is 0 Å². The summed E-state index contributed by atoms with van der Waals surface area (Å²) in [6, 6.07) is 10.1. The molecule has 5 nitrogen and oxygen atoms in total. The monoisotopic (exact) mass is 370 g/mol. The summed E-state index contributed by atoms with van der Waals surface area (Å²) in [5, 5.41) is 4.37. The molecule has 0 saturated carbocycles. The molecule has 0 aliphatic carbocycles. The van der Waals surface area contributed by atoms with E-state index in [-0.39, 0.29) is 11.9 Å². The molecule has 6 heteroatoms. The maximum absolute atomic E-state index is 12.9. The fourth-order valence-corrected chi connectivity index (χ4v) is 3.45. The summed E-state index contributed by atoms with van der Waals surface area (Å²) in [6.07, 6.45) is 4.38. The van der Waals surface area contributed by atoms with Crippen LogP contribution in [0.4, 0.5) is 0 Å². The van der Waals surface area contributed by atoms with Crippen molar-refractivity contribution in [3.63, 3.8) is 0 Å². The average Bonchev–Trinajstić information content (AvgIpc) is 2.98. The van der Waals surface area contributed by atoms with Crippen LogP contribution in [0.15, 0.2) is 47.2 Å². The Morgan fingerprint density at radius 3 is 3.04 bits per heavy atom. The number of carbonyl (C=O) groups excluding carboxylic acids is 1. The second-order valence-electron chi connectivity index (χ2n) is 5.73. The highest BCUT2D eigenvalue weighted by molar-refractivity contribution is 9.10. The smallest absolute Gasteiger partial charge is 0.274 e. The first-order chi connectivity index (χ1) is 11.1. The molecule has 1 amide bonds. The predicted octanol–water partition coefficient (Wildman–Crippen LogP) is 3.25. The summed E-state index contributed by atoms with van der Waals surface area (Å²) in [6.45, 7) is 2.78. The molecule has 3 heterocycles. The van der Waals surface area contributed by atoms with Crippen LogP contribution in [0.25, 0.3) is 5.65 Å². The summed E-state index contributed by atoms with van der Waals surface area (Å²) in [5.74, 6) is -0.0476. The average molecular weight is 371 g/mol. The third kappa shape index (κ3) is 2.43. The number of hydrogen-bond donors (Lipinski definition) is 0. The van der Waals surface area contributed by atoms with Gasteiger partial charge in [-0.3, -0.25) is 4.79 Å². The molecule has 0 radical (unpaired) electrons. The van der Waals surface area contributed by atoms with Gasteiger partial charge in [0, 0.05) is 25.0 Å². The maximum atomic E-state index is 12.9. The second-order valence-corrected chi connectivity index (χ2v) is 6.64. The van der Waals surface area contributed by atoms with Crippen LogP contribution in [-0.4, -0.2) is 31.9 Å². The van der Waals surface area contributed by atoms with Gasteiger partial charge in [0.05, 0.1) is 10.5 Å². The molecule has 23 heavy (non-hydrogen) atoms. The van der Waals surface area contributed by atoms with Crippen molar-refractivity contribution in [3.05, 3.63) is 64.0 Å². The Hall–Kier alpha value is -2.21. The van der Waals surface area contributed by atoms with Crippen molar-refractivity contribution in [1.29, 1.82) is 0 Å². The molecule has 2 aromatic heterocycles. The van der Waals surface area contributed by atoms with E-state index in [1.807, 2.05) is 11.0 Å². The zero-order valence-electron chi connectivity index (χ0n) is 12.6. The largest absolute Gasteiger partial charge is 0.330 e. The Kier molecular flexibility index (Phi) is 3.41. The van der Waals surface area contributed by atoms with Gasteiger partial charge in [-0.1, -0.05) is 24.3 Å². The van der Waals surface area contributed by atoms with Crippen LogP contribution in [0.1, 0.15) is 34.6 Å². The van der Waals surface area contributed by atoms with Crippen LogP contribution < -0.4 is 0 Å². The van der Waals surface area contributed by atoms with E-state index in [0.717, 1.165) is 10.9 Å². The van der Waals surface area contributed by atoms with Crippen molar-refractivity contribution in [2.24, 2.45) is 0 Å². The quantitative estimate of drug-likeness (QED) is 0.660. The molecule has 1 aromatic carbocycles. The molecule has 0 saturated heterocycles. The lowest BCUT2D eigenvalue weighted by Gasteiger charge is -2.34. The van der Waals surface area contributed by atoms with E-state index < -0.39 is 0 Å². The number of fused-ring (bicyclic) bond motifs is 2. The Morgan fingerprint density at radius 1 is 1.35 bits per heavy atom. The molecule has 0 N–H and O–H groups in total. The van der Waals surface area contributed by atoms with Crippen molar-refractivity contribution in [1.82, 2.24) is 19.5 Å². The highest BCUT2D eigenvalue weighted by atomic mass is 79.9. The van der Waals surface area contributed by atoms with Gasteiger partial charge in [-0.2, -0.15) is 5.10 Å². The highest BCUT2D eigenvalue weighted by Gasteiger charge is 2.29. The molecular formula is C17H15BrN4O. The van der Waals surface area contributed by atoms with Crippen molar-refractivity contribution in [2.45, 2.75) is 19.4 Å². The van der Waals surface area contributed by atoms with Gasteiger partial charge in [-0.05, 0) is 40.4 Å². The van der Waals surface area contributed by atoms with Crippen molar-refractivity contribution in [2.75, 3.05) is 6.54 Å². The first-order valence-electron chi connectivity index (χ1n) is 7.53. The van der Waals surface area contributed by atoms with Crippen LogP contribution in [0.3, 0.4) is 0 Å². The lowest BCUT2D eigenvalue weighted by Crippen LogP contribution is -2.39. The van der Waals surface area contributed by atoms with Crippen LogP contribution in [-0.2, 0) is 6.42 Å². The molecule has 0 unspecified atom stereocenters. The Bertz CT molecular complexity index is 904. The summed E-state index contributed by atoms with van der Waals surface area (Å²) in [4.78, 5) is 19.0. The van der Waals surface area contributed by atoms with Gasteiger partial charge in [0.2, 0.25) is 0 Å². The number of nitrogens with zero attached hydrogens (tertiary/aromatic N) is 4. The zero-order valence-corrected chi connectivity index (χ0v) is 14.2. The van der Waals surface area contributed by atoms with Gasteiger partial charge in [0.15, 0.2) is 11.3 Å². The first kappa shape index (κ1) is 14.4. The minimum absolute atomic E-state index is 0.0476. The van der Waals surface area contributed by atoms with Crippen molar-refractivity contribution < 1.29 is 4.79 Å². The fourth-order valence-electron chi connectivity index (χ4n) is 3.15. The number of halogens is 1. The van der Waals surface area contributed by atoms with Crippen LogP contribution >= 0.6 is 15.9 Å². The van der Waals surface area contributed by atoms with E-state index in [9.17, 15) is 4.79 Å². The number of rotatable bonds is 1. The molecule has 0 spiro atoms. The topological polar surface area (TPSA) is 50.5 Å². The van der Waals surface area contributed by atoms with Gasteiger partial charge in [0.1, 0.15) is 0 Å². The molecule has 0 bridgehead atoms. The molecule has 4 rings (SSSR count). The highest BCUT2D eigenvalue weighted by Crippen LogP contribution is 2.30. The predicted molar refractivity (Wildman–Crippen MR) is 90.3 cm³/mol. The molecule has 116 valence electrons. The van der Waals surface area contributed by atoms with Gasteiger partial charge in [-0.15, -0.1) is 0 Å². The summed E-state index contributed by atoms with van der Waals surface area (Å²) >= 11 is 3.36. The Labute approximate surface area is 142 Å². The summed E-state index contributed by atoms with van der Waals surface area (Å²) in [5.41, 5.74) is 3.64. The van der Waals surface area contributed by atoms with E-state index >= 15 is 0 Å². The van der Waals surface area contributed by atoms with E-state index in [0.29, 0.717) is 17.9 Å². The molecule has 0 fully saturated rings. The van der Waals surface area contributed by atoms with Crippen molar-refractivity contribution >= 4 is 27.5 Å². The lowest BCUT2D eigenvalue weighted by atomic mass is 9.93. The van der Waals surface area contributed by atoms with Gasteiger partial charge in [-0.25, -0.2) is 9.50 Å². The molecule has 3 aromatic rings. The molecule has 1 aliphatic heterocycles. The van der Waals surface area contributed by atoms with Crippen LogP contribution in [0, 0.1) is 0 Å². The van der Waals surface area contributed by atoms with E-state index in [1.165, 1.54) is 11.1 Å². The van der Waals surface area contributed by atoms with Gasteiger partial charge in [0.25, 0.3) is 5.91 Å². The minimum Gasteiger partial charge on any atom is -0.330 e. The normalized spacial score (nSPS) is 17.3. The standard InChI is InChI=1S/C17H15BrN4O/c1-11-14-5-3-2-4-12(14)6-7-21(11)17(23)15-8-16-19-9-13(18)10-22(16)20-15/h2-5,8-11H,6-7H2,1H3/t11-/m1/s1. The van der Waals surface area contributed by atoms with E-state index in [1.54, 1.807) is 23.0 Å². The fraction of sp³-hybridized carbons (Fsp3) is 0.235. The maximum Gasteiger partial charge on any atom is 0.274 e. The molecular weight excluding hydrogens is 356 g/mol. The number of hydrogen-bond acceptors (Lipinski definition) is 3. The SMILES string of the molecule is C[C@@H]1c2ccccc2CCN1C(=O)c1cc2ncc(Br)cn2n1. The number of benzene rings is 1. The Balaban J connectivity index is 1.68. The van der Waals surface area contributed by atoms with Gasteiger partial charge < -0.3 is 4.90 Å². The minimum atomic E-state index is -0.0476. The third-order valence-electron chi connectivity index (χ3n) is 4.36. The molecule has 1 aliphatic rings. The Morgan fingerprint density at radius 2 is 2.17 bits per heavy atom. The third-order valence-corrected chi connectivity index (χ3v) is 4.77. The van der Waals surface area contributed by atoms with E-state index in [4.69, 9.17) is 0 Å². The number of aromatic nitrogens is 3. The summed E-state index contributed by atoms with van der Waals surface area (Å²) in [7, 11) is 0. The molecule has 1 atom stereocenters.